The smallest absolute Gasteiger partial charge is 0.0217 e. The maximum Gasteiger partial charge on any atom is 0.0217 e. The largest absolute Gasteiger partial charge is 0.312 e. The van der Waals surface area contributed by atoms with E-state index in [1.54, 1.807) is 0 Å². The van der Waals surface area contributed by atoms with Crippen molar-refractivity contribution in [3.05, 3.63) is 28.2 Å². The molecule has 0 radical (unpaired) electrons. The molecule has 0 fully saturated rings. The van der Waals surface area contributed by atoms with Gasteiger partial charge >= 0.3 is 0 Å². The second-order valence-corrected chi connectivity index (χ2v) is 5.71. The summed E-state index contributed by atoms with van der Waals surface area (Å²) in [5.74, 6) is 0. The first-order valence-electron chi connectivity index (χ1n) is 4.41. The molecule has 2 rings (SSSR count). The van der Waals surface area contributed by atoms with Gasteiger partial charge in [0.05, 0.1) is 0 Å². The SMILES string of the molecule is CC1CNCc2cc(Br)ccc2S1. The average molecular weight is 258 g/mol. The molecule has 1 N–H and O–H groups in total. The number of fused-ring (bicyclic) bond motifs is 1. The van der Waals surface area contributed by atoms with E-state index in [9.17, 15) is 0 Å². The number of hydrogen-bond donors (Lipinski definition) is 1. The Kier molecular flexibility index (Phi) is 2.96. The van der Waals surface area contributed by atoms with Gasteiger partial charge in [-0.2, -0.15) is 0 Å². The zero-order chi connectivity index (χ0) is 9.26. The van der Waals surface area contributed by atoms with Gasteiger partial charge in [0.15, 0.2) is 0 Å². The molecule has 1 aliphatic rings. The topological polar surface area (TPSA) is 12.0 Å². The Bertz CT molecular complexity index is 314. The minimum Gasteiger partial charge on any atom is -0.312 e. The third kappa shape index (κ3) is 2.27. The molecule has 70 valence electrons. The van der Waals surface area contributed by atoms with Crippen LogP contribution in [0.25, 0.3) is 0 Å². The molecule has 0 aromatic heterocycles. The Morgan fingerprint density at radius 1 is 1.54 bits per heavy atom. The van der Waals surface area contributed by atoms with Crippen molar-refractivity contribution < 1.29 is 0 Å². The molecular formula is C10H12BrNS. The van der Waals surface area contributed by atoms with Crippen LogP contribution in [0.3, 0.4) is 0 Å². The van der Waals surface area contributed by atoms with Crippen LogP contribution >= 0.6 is 27.7 Å². The Morgan fingerprint density at radius 2 is 2.38 bits per heavy atom. The van der Waals surface area contributed by atoms with E-state index in [1.165, 1.54) is 14.9 Å². The van der Waals surface area contributed by atoms with Crippen molar-refractivity contribution >= 4 is 27.7 Å². The summed E-state index contributed by atoms with van der Waals surface area (Å²) in [6, 6.07) is 6.52. The molecule has 1 heterocycles. The van der Waals surface area contributed by atoms with Gasteiger partial charge in [0.1, 0.15) is 0 Å². The van der Waals surface area contributed by atoms with Crippen LogP contribution in [0.15, 0.2) is 27.6 Å². The molecule has 1 aromatic rings. The van der Waals surface area contributed by atoms with Gasteiger partial charge in [0, 0.05) is 27.7 Å². The van der Waals surface area contributed by atoms with E-state index >= 15 is 0 Å². The van der Waals surface area contributed by atoms with Crippen molar-refractivity contribution in [2.24, 2.45) is 0 Å². The maximum absolute atomic E-state index is 3.49. The highest BCUT2D eigenvalue weighted by molar-refractivity contribution is 9.10. The molecule has 1 unspecified atom stereocenters. The van der Waals surface area contributed by atoms with Gasteiger partial charge in [0.25, 0.3) is 0 Å². The Balaban J connectivity index is 2.34. The third-order valence-electron chi connectivity index (χ3n) is 2.10. The zero-order valence-electron chi connectivity index (χ0n) is 7.51. The monoisotopic (exact) mass is 257 g/mol. The van der Waals surface area contributed by atoms with Gasteiger partial charge in [-0.3, -0.25) is 0 Å². The summed E-state index contributed by atoms with van der Waals surface area (Å²) < 4.78 is 1.17. The average Bonchev–Trinajstić information content (AvgIpc) is 2.25. The molecule has 0 saturated heterocycles. The Hall–Kier alpha value is 0.01000. The van der Waals surface area contributed by atoms with Crippen molar-refractivity contribution in [2.45, 2.75) is 23.6 Å². The van der Waals surface area contributed by atoms with Gasteiger partial charge in [-0.25, -0.2) is 0 Å². The van der Waals surface area contributed by atoms with Gasteiger partial charge in [-0.15, -0.1) is 11.8 Å². The van der Waals surface area contributed by atoms with Crippen LogP contribution in [0, 0.1) is 0 Å². The van der Waals surface area contributed by atoms with E-state index in [1.807, 2.05) is 11.8 Å². The van der Waals surface area contributed by atoms with E-state index in [2.05, 4.69) is 46.4 Å². The van der Waals surface area contributed by atoms with Crippen LogP contribution in [-0.2, 0) is 6.54 Å². The first-order valence-corrected chi connectivity index (χ1v) is 6.09. The summed E-state index contributed by atoms with van der Waals surface area (Å²) >= 11 is 5.45. The number of thioether (sulfide) groups is 1. The lowest BCUT2D eigenvalue weighted by Crippen LogP contribution is -2.19. The lowest BCUT2D eigenvalue weighted by Gasteiger charge is -2.07. The molecule has 0 aliphatic carbocycles. The summed E-state index contributed by atoms with van der Waals surface area (Å²) in [6.45, 7) is 4.35. The van der Waals surface area contributed by atoms with E-state index in [0.29, 0.717) is 5.25 Å². The van der Waals surface area contributed by atoms with E-state index in [-0.39, 0.29) is 0 Å². The molecule has 3 heteroatoms. The number of rotatable bonds is 0. The molecule has 0 saturated carbocycles. The van der Waals surface area contributed by atoms with Crippen LogP contribution < -0.4 is 5.32 Å². The quantitative estimate of drug-likeness (QED) is 0.767. The summed E-state index contributed by atoms with van der Waals surface area (Å²) in [7, 11) is 0. The number of nitrogens with one attached hydrogen (secondary N) is 1. The molecule has 0 amide bonds. The van der Waals surface area contributed by atoms with Crippen molar-refractivity contribution in [3.63, 3.8) is 0 Å². The van der Waals surface area contributed by atoms with Gasteiger partial charge in [-0.1, -0.05) is 22.9 Å². The summed E-state index contributed by atoms with van der Waals surface area (Å²) in [6.07, 6.45) is 0. The molecule has 0 spiro atoms. The molecule has 1 nitrogen and oxygen atoms in total. The highest BCUT2D eigenvalue weighted by Crippen LogP contribution is 2.30. The molecule has 1 aliphatic heterocycles. The van der Waals surface area contributed by atoms with Gasteiger partial charge in [-0.05, 0) is 23.8 Å². The van der Waals surface area contributed by atoms with Crippen molar-refractivity contribution in [2.75, 3.05) is 6.54 Å². The first kappa shape index (κ1) is 9.56. The van der Waals surface area contributed by atoms with Crippen LogP contribution in [0.1, 0.15) is 12.5 Å². The molecule has 1 aromatic carbocycles. The summed E-state index contributed by atoms with van der Waals surface area (Å²) in [5, 5.41) is 4.11. The number of hydrogen-bond acceptors (Lipinski definition) is 2. The normalized spacial score (nSPS) is 22.2. The van der Waals surface area contributed by atoms with Gasteiger partial charge in [0.2, 0.25) is 0 Å². The molecule has 1 atom stereocenters. The van der Waals surface area contributed by atoms with Crippen LogP contribution in [0.5, 0.6) is 0 Å². The fraction of sp³-hybridized carbons (Fsp3) is 0.400. The molecule has 13 heavy (non-hydrogen) atoms. The van der Waals surface area contributed by atoms with Crippen LogP contribution in [-0.4, -0.2) is 11.8 Å². The fourth-order valence-corrected chi connectivity index (χ4v) is 2.94. The van der Waals surface area contributed by atoms with Crippen molar-refractivity contribution in [1.29, 1.82) is 0 Å². The van der Waals surface area contributed by atoms with E-state index < -0.39 is 0 Å². The minimum absolute atomic E-state index is 0.669. The number of halogens is 1. The van der Waals surface area contributed by atoms with Gasteiger partial charge < -0.3 is 5.32 Å². The third-order valence-corrected chi connectivity index (χ3v) is 3.81. The number of benzene rings is 1. The highest BCUT2D eigenvalue weighted by atomic mass is 79.9. The predicted octanol–water partition coefficient (Wildman–Crippen LogP) is 3.03. The minimum atomic E-state index is 0.669. The van der Waals surface area contributed by atoms with Crippen LogP contribution in [0.4, 0.5) is 0 Å². The standard InChI is InChI=1S/C10H12BrNS/c1-7-5-12-6-8-4-9(11)2-3-10(8)13-7/h2-4,7,12H,5-6H2,1H3. The lowest BCUT2D eigenvalue weighted by molar-refractivity contribution is 0.688. The second kappa shape index (κ2) is 4.03. The maximum atomic E-state index is 3.49. The summed E-state index contributed by atoms with van der Waals surface area (Å²) in [5.41, 5.74) is 1.41. The first-order chi connectivity index (χ1) is 6.25. The van der Waals surface area contributed by atoms with E-state index in [4.69, 9.17) is 0 Å². The van der Waals surface area contributed by atoms with Crippen molar-refractivity contribution in [3.8, 4) is 0 Å². The predicted molar refractivity (Wildman–Crippen MR) is 61.2 cm³/mol. The van der Waals surface area contributed by atoms with Crippen LogP contribution in [0.2, 0.25) is 0 Å². The zero-order valence-corrected chi connectivity index (χ0v) is 9.91. The second-order valence-electron chi connectivity index (χ2n) is 3.31. The lowest BCUT2D eigenvalue weighted by atomic mass is 10.2. The highest BCUT2D eigenvalue weighted by Gasteiger charge is 2.12. The summed E-state index contributed by atoms with van der Waals surface area (Å²) in [4.78, 5) is 1.42. The Morgan fingerprint density at radius 3 is 3.23 bits per heavy atom. The molecular weight excluding hydrogens is 246 g/mol. The van der Waals surface area contributed by atoms with Crippen molar-refractivity contribution in [1.82, 2.24) is 5.32 Å². The fourth-order valence-electron chi connectivity index (χ4n) is 1.47. The molecule has 0 bridgehead atoms. The van der Waals surface area contributed by atoms with E-state index in [0.717, 1.165) is 13.1 Å². The Labute approximate surface area is 91.4 Å².